The Bertz CT molecular complexity index is 767. The summed E-state index contributed by atoms with van der Waals surface area (Å²) in [6, 6.07) is 9.53. The zero-order valence-corrected chi connectivity index (χ0v) is 16.5. The van der Waals surface area contributed by atoms with Crippen LogP contribution in [0, 0.1) is 5.92 Å². The second-order valence-corrected chi connectivity index (χ2v) is 7.29. The Labute approximate surface area is 161 Å². The molecule has 1 aromatic heterocycles. The summed E-state index contributed by atoms with van der Waals surface area (Å²) in [5.74, 6) is 2.91. The van der Waals surface area contributed by atoms with Crippen molar-refractivity contribution in [3.05, 3.63) is 47.4 Å². The molecule has 0 spiro atoms. The van der Waals surface area contributed by atoms with E-state index in [2.05, 4.69) is 19.9 Å². The number of carbonyl (C=O) groups excluding carboxylic acids is 1. The molecule has 0 N–H and O–H groups in total. The first-order valence-electron chi connectivity index (χ1n) is 9.78. The molecule has 5 heteroatoms. The third-order valence-corrected chi connectivity index (χ3v) is 4.95. The van der Waals surface area contributed by atoms with Gasteiger partial charge in [-0.2, -0.15) is 0 Å². The third kappa shape index (κ3) is 4.85. The number of likely N-dealkylation sites (tertiary alicyclic amines) is 1. The Balaban J connectivity index is 1.62. The number of aryl methyl sites for hydroxylation is 1. The fraction of sp³-hybridized carbons (Fsp3) is 0.500. The molecule has 2 heterocycles. The minimum Gasteiger partial charge on any atom is -0.493 e. The molecule has 3 rings (SSSR count). The van der Waals surface area contributed by atoms with Crippen LogP contribution in [0.15, 0.2) is 34.7 Å². The molecule has 1 aromatic carbocycles. The van der Waals surface area contributed by atoms with E-state index in [9.17, 15) is 4.79 Å². The molecule has 0 unspecified atom stereocenters. The first-order valence-corrected chi connectivity index (χ1v) is 9.78. The molecule has 0 bridgehead atoms. The minimum atomic E-state index is -0.0331. The summed E-state index contributed by atoms with van der Waals surface area (Å²) in [6.07, 6.45) is 4.33. The van der Waals surface area contributed by atoms with Crippen LogP contribution in [0.2, 0.25) is 0 Å². The minimum absolute atomic E-state index is 0.0331. The van der Waals surface area contributed by atoms with Crippen LogP contribution in [0.3, 0.4) is 0 Å². The molecule has 0 aliphatic carbocycles. The van der Waals surface area contributed by atoms with Gasteiger partial charge < -0.3 is 18.8 Å². The van der Waals surface area contributed by atoms with Gasteiger partial charge in [0, 0.05) is 13.1 Å². The van der Waals surface area contributed by atoms with E-state index < -0.39 is 0 Å². The Morgan fingerprint density at radius 1 is 1.26 bits per heavy atom. The number of amides is 1. The van der Waals surface area contributed by atoms with Crippen LogP contribution >= 0.6 is 0 Å². The number of piperidine rings is 1. The quantitative estimate of drug-likeness (QED) is 0.708. The summed E-state index contributed by atoms with van der Waals surface area (Å²) in [5, 5.41) is 0. The lowest BCUT2D eigenvalue weighted by atomic mass is 10.0. The van der Waals surface area contributed by atoms with E-state index in [1.165, 1.54) is 12.0 Å². The molecular formula is C22H29NO4. The van der Waals surface area contributed by atoms with E-state index in [0.29, 0.717) is 28.9 Å². The lowest BCUT2D eigenvalue weighted by Crippen LogP contribution is -2.38. The molecule has 5 nitrogen and oxygen atoms in total. The van der Waals surface area contributed by atoms with Crippen molar-refractivity contribution in [2.24, 2.45) is 5.92 Å². The van der Waals surface area contributed by atoms with Crippen molar-refractivity contribution < 1.29 is 18.7 Å². The fourth-order valence-electron chi connectivity index (χ4n) is 3.52. The number of furan rings is 1. The van der Waals surface area contributed by atoms with Crippen LogP contribution in [0.25, 0.3) is 0 Å². The highest BCUT2D eigenvalue weighted by molar-refractivity contribution is 5.91. The molecule has 1 aliphatic heterocycles. The molecule has 27 heavy (non-hydrogen) atoms. The molecule has 1 fully saturated rings. The van der Waals surface area contributed by atoms with Gasteiger partial charge in [0.05, 0.1) is 7.11 Å². The maximum atomic E-state index is 12.6. The van der Waals surface area contributed by atoms with Crippen LogP contribution < -0.4 is 9.47 Å². The molecule has 1 saturated heterocycles. The Hall–Kier alpha value is -2.43. The number of carbonyl (C=O) groups is 1. The second-order valence-electron chi connectivity index (χ2n) is 7.29. The van der Waals surface area contributed by atoms with Crippen molar-refractivity contribution in [1.29, 1.82) is 0 Å². The lowest BCUT2D eigenvalue weighted by molar-refractivity contribution is 0.0647. The van der Waals surface area contributed by atoms with Crippen molar-refractivity contribution in [3.8, 4) is 11.5 Å². The number of rotatable bonds is 7. The van der Waals surface area contributed by atoms with Gasteiger partial charge in [-0.05, 0) is 55.0 Å². The topological polar surface area (TPSA) is 51.9 Å². The monoisotopic (exact) mass is 371 g/mol. The maximum absolute atomic E-state index is 12.6. The summed E-state index contributed by atoms with van der Waals surface area (Å²) in [7, 11) is 1.64. The molecule has 1 amide bonds. The van der Waals surface area contributed by atoms with E-state index in [-0.39, 0.29) is 12.5 Å². The van der Waals surface area contributed by atoms with E-state index in [0.717, 1.165) is 32.4 Å². The Morgan fingerprint density at radius 2 is 2.11 bits per heavy atom. The summed E-state index contributed by atoms with van der Waals surface area (Å²) in [6.45, 7) is 6.19. The first kappa shape index (κ1) is 19.3. The second kappa shape index (κ2) is 8.98. The van der Waals surface area contributed by atoms with Gasteiger partial charge in [-0.3, -0.25) is 4.79 Å². The number of hydrogen-bond donors (Lipinski definition) is 0. The van der Waals surface area contributed by atoms with Crippen LogP contribution in [-0.4, -0.2) is 31.0 Å². The van der Waals surface area contributed by atoms with E-state index in [1.807, 2.05) is 17.0 Å². The third-order valence-electron chi connectivity index (χ3n) is 4.95. The highest BCUT2D eigenvalue weighted by Gasteiger charge is 2.24. The van der Waals surface area contributed by atoms with Crippen molar-refractivity contribution in [2.75, 3.05) is 20.2 Å². The van der Waals surface area contributed by atoms with Crippen molar-refractivity contribution in [2.45, 2.75) is 46.1 Å². The molecular weight excluding hydrogens is 342 g/mol. The fourth-order valence-corrected chi connectivity index (χ4v) is 3.52. The molecule has 1 aliphatic rings. The largest absolute Gasteiger partial charge is 0.493 e. The van der Waals surface area contributed by atoms with Crippen LogP contribution in [0.5, 0.6) is 11.5 Å². The SMILES string of the molecule is CCCc1ccc(OCc2ccc(C(=O)N3CCC[C@H](C)C3)o2)c(OC)c1. The zero-order chi connectivity index (χ0) is 19.2. The number of ether oxygens (including phenoxy) is 2. The van der Waals surface area contributed by atoms with Crippen molar-refractivity contribution in [3.63, 3.8) is 0 Å². The molecule has 0 radical (unpaired) electrons. The van der Waals surface area contributed by atoms with Gasteiger partial charge in [0.2, 0.25) is 0 Å². The summed E-state index contributed by atoms with van der Waals surface area (Å²) >= 11 is 0. The van der Waals surface area contributed by atoms with Gasteiger partial charge in [0.1, 0.15) is 12.4 Å². The van der Waals surface area contributed by atoms with Gasteiger partial charge in [-0.25, -0.2) is 0 Å². The number of hydrogen-bond acceptors (Lipinski definition) is 4. The summed E-state index contributed by atoms with van der Waals surface area (Å²) < 4.78 is 17.0. The average molecular weight is 371 g/mol. The molecule has 146 valence electrons. The van der Waals surface area contributed by atoms with Gasteiger partial charge in [0.15, 0.2) is 17.3 Å². The zero-order valence-electron chi connectivity index (χ0n) is 16.5. The van der Waals surface area contributed by atoms with Gasteiger partial charge >= 0.3 is 0 Å². The molecule has 0 saturated carbocycles. The smallest absolute Gasteiger partial charge is 0.289 e. The van der Waals surface area contributed by atoms with Gasteiger partial charge in [-0.15, -0.1) is 0 Å². The van der Waals surface area contributed by atoms with Crippen molar-refractivity contribution in [1.82, 2.24) is 4.90 Å². The average Bonchev–Trinajstić information content (AvgIpc) is 3.15. The number of nitrogens with zero attached hydrogens (tertiary/aromatic N) is 1. The highest BCUT2D eigenvalue weighted by Crippen LogP contribution is 2.29. The number of benzene rings is 1. The van der Waals surface area contributed by atoms with E-state index >= 15 is 0 Å². The van der Waals surface area contributed by atoms with Gasteiger partial charge in [-0.1, -0.05) is 26.3 Å². The predicted octanol–water partition coefficient (Wildman–Crippen LogP) is 4.69. The highest BCUT2D eigenvalue weighted by atomic mass is 16.5. The summed E-state index contributed by atoms with van der Waals surface area (Å²) in [4.78, 5) is 14.5. The molecule has 1 atom stereocenters. The maximum Gasteiger partial charge on any atom is 0.289 e. The standard InChI is InChI=1S/C22H29NO4/c1-4-6-17-8-10-19(21(13-17)25-3)26-15-18-9-11-20(27-18)22(24)23-12-5-7-16(2)14-23/h8-11,13,16H,4-7,12,14-15H2,1-3H3/t16-/m0/s1. The lowest BCUT2D eigenvalue weighted by Gasteiger charge is -2.30. The number of methoxy groups -OCH3 is 1. The Morgan fingerprint density at radius 3 is 2.85 bits per heavy atom. The van der Waals surface area contributed by atoms with Crippen LogP contribution in [0.1, 0.15) is 55.0 Å². The van der Waals surface area contributed by atoms with E-state index in [1.54, 1.807) is 19.2 Å². The normalized spacial score (nSPS) is 17.0. The van der Waals surface area contributed by atoms with Gasteiger partial charge in [0.25, 0.3) is 5.91 Å². The summed E-state index contributed by atoms with van der Waals surface area (Å²) in [5.41, 5.74) is 1.23. The first-order chi connectivity index (χ1) is 13.1. The predicted molar refractivity (Wildman–Crippen MR) is 104 cm³/mol. The van der Waals surface area contributed by atoms with Crippen LogP contribution in [0.4, 0.5) is 0 Å². The van der Waals surface area contributed by atoms with Crippen molar-refractivity contribution >= 4 is 5.91 Å². The van der Waals surface area contributed by atoms with Crippen LogP contribution in [-0.2, 0) is 13.0 Å². The van der Waals surface area contributed by atoms with E-state index in [4.69, 9.17) is 13.9 Å². The Kier molecular flexibility index (Phi) is 6.43. The molecule has 2 aromatic rings.